The third kappa shape index (κ3) is 5.61. The van der Waals surface area contributed by atoms with Crippen molar-refractivity contribution < 1.29 is 9.50 Å². The highest BCUT2D eigenvalue weighted by molar-refractivity contribution is 5.18. The van der Waals surface area contributed by atoms with Gasteiger partial charge in [0.15, 0.2) is 0 Å². The van der Waals surface area contributed by atoms with E-state index in [1.165, 1.54) is 31.4 Å². The van der Waals surface area contributed by atoms with Gasteiger partial charge in [-0.25, -0.2) is 4.39 Å². The summed E-state index contributed by atoms with van der Waals surface area (Å²) in [7, 11) is 2.08. The Kier molecular flexibility index (Phi) is 6.91. The molecule has 1 unspecified atom stereocenters. The van der Waals surface area contributed by atoms with Crippen LogP contribution in [-0.4, -0.2) is 30.1 Å². The zero-order chi connectivity index (χ0) is 13.4. The Bertz CT molecular complexity index is 326. The van der Waals surface area contributed by atoms with E-state index in [4.69, 9.17) is 0 Å². The molecular weight excluding hydrogens is 229 g/mol. The molecule has 0 amide bonds. The molecule has 1 atom stereocenters. The molecule has 0 aliphatic heterocycles. The summed E-state index contributed by atoms with van der Waals surface area (Å²) in [5.74, 6) is -0.261. The number of rotatable bonds is 8. The first-order valence-corrected chi connectivity index (χ1v) is 6.75. The van der Waals surface area contributed by atoms with Crippen LogP contribution >= 0.6 is 0 Å². The van der Waals surface area contributed by atoms with Gasteiger partial charge in [-0.2, -0.15) is 0 Å². The first-order valence-electron chi connectivity index (χ1n) is 6.75. The highest BCUT2D eigenvalue weighted by atomic mass is 19.1. The highest BCUT2D eigenvalue weighted by Gasteiger charge is 2.08. The van der Waals surface area contributed by atoms with E-state index >= 15 is 0 Å². The van der Waals surface area contributed by atoms with Crippen LogP contribution in [0.2, 0.25) is 0 Å². The monoisotopic (exact) mass is 253 g/mol. The van der Waals surface area contributed by atoms with Gasteiger partial charge in [-0.15, -0.1) is 0 Å². The molecule has 1 aromatic rings. The van der Waals surface area contributed by atoms with Crippen LogP contribution in [0.3, 0.4) is 0 Å². The van der Waals surface area contributed by atoms with Crippen molar-refractivity contribution in [3.8, 4) is 0 Å². The lowest BCUT2D eigenvalue weighted by atomic mass is 10.1. The number of unbranched alkanes of at least 4 members (excludes halogenated alkanes) is 2. The van der Waals surface area contributed by atoms with Gasteiger partial charge < -0.3 is 10.0 Å². The fourth-order valence-electron chi connectivity index (χ4n) is 1.94. The molecule has 3 heteroatoms. The summed E-state index contributed by atoms with van der Waals surface area (Å²) in [6.45, 7) is 4.13. The summed E-state index contributed by atoms with van der Waals surface area (Å²) in [5, 5.41) is 9.98. The normalized spacial score (nSPS) is 12.9. The molecule has 0 saturated carbocycles. The zero-order valence-electron chi connectivity index (χ0n) is 11.4. The minimum Gasteiger partial charge on any atom is -0.388 e. The minimum absolute atomic E-state index is 0.261. The zero-order valence-corrected chi connectivity index (χ0v) is 11.4. The molecule has 18 heavy (non-hydrogen) atoms. The van der Waals surface area contributed by atoms with Crippen LogP contribution in [0.5, 0.6) is 0 Å². The van der Waals surface area contributed by atoms with Crippen LogP contribution in [-0.2, 0) is 0 Å². The fourth-order valence-corrected chi connectivity index (χ4v) is 1.94. The molecule has 0 fully saturated rings. The summed E-state index contributed by atoms with van der Waals surface area (Å²) >= 11 is 0. The predicted molar refractivity (Wildman–Crippen MR) is 73.0 cm³/mol. The van der Waals surface area contributed by atoms with Crippen molar-refractivity contribution in [2.24, 2.45) is 0 Å². The topological polar surface area (TPSA) is 23.5 Å². The maximum Gasteiger partial charge on any atom is 0.123 e. The van der Waals surface area contributed by atoms with Crippen molar-refractivity contribution in [2.75, 3.05) is 20.1 Å². The van der Waals surface area contributed by atoms with E-state index in [1.54, 1.807) is 12.1 Å². The Hall–Kier alpha value is -0.930. The number of aliphatic hydroxyl groups excluding tert-OH is 1. The van der Waals surface area contributed by atoms with E-state index in [9.17, 15) is 9.50 Å². The molecule has 0 aliphatic rings. The van der Waals surface area contributed by atoms with Crippen LogP contribution in [0, 0.1) is 5.82 Å². The van der Waals surface area contributed by atoms with Crippen molar-refractivity contribution in [2.45, 2.75) is 38.7 Å². The molecule has 1 aromatic carbocycles. The lowest BCUT2D eigenvalue weighted by Gasteiger charge is -2.18. The Labute approximate surface area is 109 Å². The van der Waals surface area contributed by atoms with Crippen molar-refractivity contribution in [3.05, 3.63) is 35.6 Å². The van der Waals surface area contributed by atoms with Gasteiger partial charge >= 0.3 is 0 Å². The van der Waals surface area contributed by atoms with Gasteiger partial charge in [0.05, 0.1) is 6.10 Å². The van der Waals surface area contributed by atoms with E-state index in [0.717, 1.165) is 18.7 Å². The molecule has 102 valence electrons. The number of aliphatic hydroxyl groups is 1. The van der Waals surface area contributed by atoms with Gasteiger partial charge in [-0.05, 0) is 44.1 Å². The number of halogens is 1. The summed E-state index contributed by atoms with van der Waals surface area (Å²) in [5.41, 5.74) is 0.790. The SMILES string of the molecule is CCCCCN(C)CCC(O)c1ccc(F)cc1. The molecule has 0 aliphatic carbocycles. The average molecular weight is 253 g/mol. The smallest absolute Gasteiger partial charge is 0.123 e. The molecule has 0 saturated heterocycles. The van der Waals surface area contributed by atoms with E-state index < -0.39 is 6.10 Å². The van der Waals surface area contributed by atoms with Crippen LogP contribution in [0.1, 0.15) is 44.3 Å². The second kappa shape index (κ2) is 8.22. The Morgan fingerprint density at radius 1 is 1.17 bits per heavy atom. The van der Waals surface area contributed by atoms with Crippen LogP contribution in [0.4, 0.5) is 4.39 Å². The predicted octanol–water partition coefficient (Wildman–Crippen LogP) is 3.37. The summed E-state index contributed by atoms with van der Waals surface area (Å²) in [4.78, 5) is 2.24. The Morgan fingerprint density at radius 3 is 2.44 bits per heavy atom. The van der Waals surface area contributed by atoms with Gasteiger partial charge in [0, 0.05) is 6.54 Å². The second-order valence-electron chi connectivity index (χ2n) is 4.87. The Balaban J connectivity index is 2.27. The number of hydrogen-bond acceptors (Lipinski definition) is 2. The van der Waals surface area contributed by atoms with E-state index in [0.29, 0.717) is 6.42 Å². The molecular formula is C15H24FNO. The van der Waals surface area contributed by atoms with Crippen LogP contribution in [0.25, 0.3) is 0 Å². The Morgan fingerprint density at radius 2 is 1.83 bits per heavy atom. The van der Waals surface area contributed by atoms with Crippen LogP contribution in [0.15, 0.2) is 24.3 Å². The van der Waals surface area contributed by atoms with Gasteiger partial charge in [-0.1, -0.05) is 31.9 Å². The maximum absolute atomic E-state index is 12.7. The highest BCUT2D eigenvalue weighted by Crippen LogP contribution is 2.17. The summed E-state index contributed by atoms with van der Waals surface area (Å²) in [6, 6.07) is 6.08. The third-order valence-electron chi connectivity index (χ3n) is 3.18. The molecule has 0 aromatic heterocycles. The van der Waals surface area contributed by atoms with Crippen molar-refractivity contribution >= 4 is 0 Å². The van der Waals surface area contributed by atoms with E-state index in [1.807, 2.05) is 0 Å². The number of benzene rings is 1. The van der Waals surface area contributed by atoms with Gasteiger partial charge in [0.25, 0.3) is 0 Å². The second-order valence-corrected chi connectivity index (χ2v) is 4.87. The van der Waals surface area contributed by atoms with E-state index in [-0.39, 0.29) is 5.82 Å². The molecule has 0 bridgehead atoms. The number of nitrogens with zero attached hydrogens (tertiary/aromatic N) is 1. The first-order chi connectivity index (χ1) is 8.63. The van der Waals surface area contributed by atoms with Crippen molar-refractivity contribution in [1.82, 2.24) is 4.90 Å². The van der Waals surface area contributed by atoms with Gasteiger partial charge in [0.2, 0.25) is 0 Å². The molecule has 0 heterocycles. The number of hydrogen-bond donors (Lipinski definition) is 1. The molecule has 0 spiro atoms. The average Bonchev–Trinajstić information content (AvgIpc) is 2.37. The largest absolute Gasteiger partial charge is 0.388 e. The maximum atomic E-state index is 12.7. The first kappa shape index (κ1) is 15.1. The molecule has 1 N–H and O–H groups in total. The van der Waals surface area contributed by atoms with Crippen LogP contribution < -0.4 is 0 Å². The van der Waals surface area contributed by atoms with Gasteiger partial charge in [0.1, 0.15) is 5.82 Å². The molecule has 2 nitrogen and oxygen atoms in total. The molecule has 0 radical (unpaired) electrons. The third-order valence-corrected chi connectivity index (χ3v) is 3.18. The molecule has 1 rings (SSSR count). The summed E-state index contributed by atoms with van der Waals surface area (Å²) < 4.78 is 12.7. The summed E-state index contributed by atoms with van der Waals surface area (Å²) in [6.07, 6.45) is 3.88. The lowest BCUT2D eigenvalue weighted by molar-refractivity contribution is 0.148. The van der Waals surface area contributed by atoms with Gasteiger partial charge in [-0.3, -0.25) is 0 Å². The fraction of sp³-hybridized carbons (Fsp3) is 0.600. The standard InChI is InChI=1S/C15H24FNO/c1-3-4-5-11-17(2)12-10-15(18)13-6-8-14(16)9-7-13/h6-9,15,18H,3-5,10-12H2,1-2H3. The minimum atomic E-state index is -0.501. The van der Waals surface area contributed by atoms with E-state index in [2.05, 4.69) is 18.9 Å². The van der Waals surface area contributed by atoms with Crippen molar-refractivity contribution in [3.63, 3.8) is 0 Å². The lowest BCUT2D eigenvalue weighted by Crippen LogP contribution is -2.22. The quantitative estimate of drug-likeness (QED) is 0.718. The van der Waals surface area contributed by atoms with Crippen molar-refractivity contribution in [1.29, 1.82) is 0 Å².